The summed E-state index contributed by atoms with van der Waals surface area (Å²) in [5, 5.41) is 49.9. The Labute approximate surface area is 630 Å². The van der Waals surface area contributed by atoms with Crippen LogP contribution >= 0.6 is 34.8 Å². The summed E-state index contributed by atoms with van der Waals surface area (Å²) in [7, 11) is 0. The first-order chi connectivity index (χ1) is 50.6. The number of aromatic nitrogens is 3. The lowest BCUT2D eigenvalue weighted by atomic mass is 9.93. The number of carbonyl (C=O) groups is 8. The number of carbonyl (C=O) groups excluding carboxylic acids is 6. The van der Waals surface area contributed by atoms with Crippen LogP contribution in [0, 0.1) is 26.7 Å². The lowest BCUT2D eigenvalue weighted by Crippen LogP contribution is -2.52. The van der Waals surface area contributed by atoms with E-state index in [1.54, 1.807) is 26.7 Å². The summed E-state index contributed by atoms with van der Waals surface area (Å²) in [5.41, 5.74) is 6.36. The molecule has 0 saturated carbocycles. The number of thiocarbonyl (C=S) groups is 1. The number of fused-ring (bicyclic) bond motifs is 1. The van der Waals surface area contributed by atoms with Gasteiger partial charge in [0.25, 0.3) is 12.4 Å². The number of carboxylic acid groups (broad SMARTS) is 2. The second-order valence-electron chi connectivity index (χ2n) is 27.8. The van der Waals surface area contributed by atoms with Crippen molar-refractivity contribution in [3.63, 3.8) is 0 Å². The number of likely N-dealkylation sites (N-methyl/N-ethyl adjacent to an activating group) is 1. The molecule has 3 aromatic carbocycles. The Kier molecular flexibility index (Phi) is 31.5. The molecule has 32 heteroatoms. The number of unbranched alkanes of at least 4 members (excludes halogenated alkanes) is 1. The van der Waals surface area contributed by atoms with Crippen molar-refractivity contribution in [2.75, 3.05) is 123 Å². The highest BCUT2D eigenvalue weighted by atomic mass is 127. The number of nitrogens with one attached hydrogen (secondary N) is 4. The number of rotatable bonds is 35. The van der Waals surface area contributed by atoms with Crippen LogP contribution in [0.25, 0.3) is 0 Å². The lowest BCUT2D eigenvalue weighted by molar-refractivity contribution is -0.140. The molecule has 0 bridgehead atoms. The Balaban J connectivity index is 0.709. The normalized spacial score (nSPS) is 20.3. The van der Waals surface area contributed by atoms with Crippen molar-refractivity contribution in [3.8, 4) is 6.07 Å². The van der Waals surface area contributed by atoms with Gasteiger partial charge in [-0.15, -0.1) is 5.10 Å². The third-order valence-electron chi connectivity index (χ3n) is 20.1. The van der Waals surface area contributed by atoms with Gasteiger partial charge < -0.3 is 65.3 Å². The van der Waals surface area contributed by atoms with E-state index in [1.165, 1.54) is 5.56 Å². The number of hydrogen-bond donors (Lipinski definition) is 6. The molecular weight excluding hydrogens is 1490 g/mol. The van der Waals surface area contributed by atoms with Crippen molar-refractivity contribution < 1.29 is 71.6 Å². The monoisotopic (exact) mass is 1590 g/mol. The van der Waals surface area contributed by atoms with Gasteiger partial charge in [0.05, 0.1) is 58.3 Å². The fraction of sp³-hybridized carbons (Fsp3) is 0.589. The molecule has 105 heavy (non-hydrogen) atoms. The fourth-order valence-corrected chi connectivity index (χ4v) is 14.9. The topological polar surface area (TPSA) is 330 Å². The van der Waals surface area contributed by atoms with E-state index in [0.717, 1.165) is 62.8 Å². The Hall–Kier alpha value is -7.91. The van der Waals surface area contributed by atoms with Crippen LogP contribution in [0.3, 0.4) is 0 Å². The standard InChI is InChI=1S/C73H98F2IN15O13S/c1-2-84-26-27-85(45-67(95)96)28-29-86(46-68(97)98)30-31-88(49-104-50-92)60(43-84)35-53-14-18-58(19-15-53)79-72(105)81-63(10-3-4-23-78-65(93)11-5-7-51-12-16-57(76)17-13-51)70(100)87-24-20-52(21-25-87)22-32-102-33-34-103-47-59-42-90(83-82-59)41-55-9-6-8-54-40-89(44-62(54)55)66(94)37-56-36-64(80-69(56)99)71(101)91-48-73(74,75)38-61(91)39-77/h6,8-9,12-19,42,50,52,56,60-61,63-64H,2-5,7,10-11,20-38,40-41,43-49H2,1H3,(H,78,93)(H,80,99)(H,95,96)(H,97,98)(H2,79,81,105)/t56-,60?,61-,63+,64-/m0/s1. The van der Waals surface area contributed by atoms with E-state index >= 15 is 0 Å². The number of benzene rings is 3. The van der Waals surface area contributed by atoms with Crippen molar-refractivity contribution >= 4 is 93.6 Å². The molecule has 28 nitrogen and oxygen atoms in total. The second-order valence-corrected chi connectivity index (χ2v) is 29.4. The molecule has 5 amide bonds. The molecule has 4 aromatic rings. The first-order valence-corrected chi connectivity index (χ1v) is 37.8. The summed E-state index contributed by atoms with van der Waals surface area (Å²) in [6.07, 6.45) is 7.63. The third kappa shape index (κ3) is 25.7. The van der Waals surface area contributed by atoms with E-state index in [9.17, 15) is 62.6 Å². The molecular formula is C73H98F2IN15O13S. The number of aryl methyl sites for hydroxylation is 1. The van der Waals surface area contributed by atoms with Gasteiger partial charge in [0.15, 0.2) is 5.11 Å². The highest BCUT2D eigenvalue weighted by Crippen LogP contribution is 2.35. The van der Waals surface area contributed by atoms with Crippen molar-refractivity contribution in [2.24, 2.45) is 11.8 Å². The number of amides is 5. The van der Waals surface area contributed by atoms with Gasteiger partial charge in [-0.25, -0.2) is 13.5 Å². The summed E-state index contributed by atoms with van der Waals surface area (Å²) >= 11 is 8.18. The van der Waals surface area contributed by atoms with Gasteiger partial charge in [-0.3, -0.25) is 53.1 Å². The smallest absolute Gasteiger partial charge is 0.317 e. The van der Waals surface area contributed by atoms with Crippen LogP contribution in [0.4, 0.5) is 14.5 Å². The van der Waals surface area contributed by atoms with Crippen molar-refractivity contribution in [2.45, 2.75) is 147 Å². The van der Waals surface area contributed by atoms with Crippen LogP contribution in [0.15, 0.2) is 72.9 Å². The van der Waals surface area contributed by atoms with Gasteiger partial charge >= 0.3 is 11.9 Å². The summed E-state index contributed by atoms with van der Waals surface area (Å²) < 4.78 is 48.3. The third-order valence-corrected chi connectivity index (χ3v) is 21.1. The summed E-state index contributed by atoms with van der Waals surface area (Å²) in [6, 6.07) is 20.5. The number of ether oxygens (including phenoxy) is 3. The van der Waals surface area contributed by atoms with Crippen LogP contribution in [-0.4, -0.2) is 261 Å². The Morgan fingerprint density at radius 1 is 0.867 bits per heavy atom. The molecule has 9 rings (SSSR count). The Morgan fingerprint density at radius 2 is 1.57 bits per heavy atom. The molecule has 5 atom stereocenters. The highest BCUT2D eigenvalue weighted by Gasteiger charge is 2.50. The number of hydrogen-bond acceptors (Lipinski definition) is 19. The van der Waals surface area contributed by atoms with Crippen molar-refractivity contribution in [1.82, 2.24) is 65.2 Å². The summed E-state index contributed by atoms with van der Waals surface area (Å²) in [4.78, 5) is 114. The first-order valence-electron chi connectivity index (χ1n) is 36.3. The minimum atomic E-state index is -3.19. The van der Waals surface area contributed by atoms with Gasteiger partial charge in [0.1, 0.15) is 30.6 Å². The van der Waals surface area contributed by atoms with Gasteiger partial charge in [-0.05, 0) is 164 Å². The molecule has 5 aliphatic rings. The van der Waals surface area contributed by atoms with Crippen LogP contribution < -0.4 is 21.3 Å². The molecule has 4 saturated heterocycles. The van der Waals surface area contributed by atoms with Gasteiger partial charge in [-0.1, -0.05) is 54.6 Å². The van der Waals surface area contributed by atoms with Crippen LogP contribution in [0.1, 0.15) is 111 Å². The number of alkyl halides is 2. The maximum Gasteiger partial charge on any atom is 0.317 e. The number of nitriles is 1. The zero-order chi connectivity index (χ0) is 74.8. The average Bonchev–Trinajstić information content (AvgIpc) is 1.69. The molecule has 0 spiro atoms. The lowest BCUT2D eigenvalue weighted by Gasteiger charge is -2.37. The quantitative estimate of drug-likeness (QED) is 0.0157. The minimum absolute atomic E-state index is 0.000846. The van der Waals surface area contributed by atoms with E-state index in [2.05, 4.69) is 83.3 Å². The first kappa shape index (κ1) is 81.2. The largest absolute Gasteiger partial charge is 0.480 e. The van der Waals surface area contributed by atoms with E-state index in [1.807, 2.05) is 64.1 Å². The number of piperidine rings is 1. The van der Waals surface area contributed by atoms with Gasteiger partial charge in [0, 0.05) is 126 Å². The van der Waals surface area contributed by atoms with Gasteiger partial charge in [-0.2, -0.15) is 5.26 Å². The van der Waals surface area contributed by atoms with E-state index in [-0.39, 0.29) is 68.1 Å². The zero-order valence-electron chi connectivity index (χ0n) is 59.6. The maximum absolute atomic E-state index is 14.5. The van der Waals surface area contributed by atoms with Crippen LogP contribution in [-0.2, 0) is 91.6 Å². The molecule has 1 unspecified atom stereocenters. The Morgan fingerprint density at radius 3 is 2.28 bits per heavy atom. The molecule has 0 radical (unpaired) electrons. The highest BCUT2D eigenvalue weighted by molar-refractivity contribution is 14.1. The van der Waals surface area contributed by atoms with Crippen molar-refractivity contribution in [1.29, 1.82) is 5.26 Å². The predicted octanol–water partition coefficient (Wildman–Crippen LogP) is 4.71. The molecule has 6 N–H and O–H groups in total. The zero-order valence-corrected chi connectivity index (χ0v) is 62.5. The summed E-state index contributed by atoms with van der Waals surface area (Å²) in [5.74, 6) is -7.19. The molecule has 0 aliphatic carbocycles. The number of nitrogens with zero attached hydrogens (tertiary/aromatic N) is 11. The van der Waals surface area contributed by atoms with E-state index in [4.69, 9.17) is 26.4 Å². The van der Waals surface area contributed by atoms with E-state index < -0.39 is 66.7 Å². The fourth-order valence-electron chi connectivity index (χ4n) is 14.3. The van der Waals surface area contributed by atoms with E-state index in [0.29, 0.717) is 167 Å². The minimum Gasteiger partial charge on any atom is -0.480 e. The molecule has 1 aromatic heterocycles. The van der Waals surface area contributed by atoms with Crippen LogP contribution in [0.2, 0.25) is 0 Å². The average molecular weight is 1590 g/mol. The second kappa shape index (κ2) is 40.7. The number of likely N-dealkylation sites (tertiary alicyclic amines) is 2. The van der Waals surface area contributed by atoms with Gasteiger partial charge in [0.2, 0.25) is 29.5 Å². The van der Waals surface area contributed by atoms with Crippen LogP contribution in [0.5, 0.6) is 0 Å². The number of halogens is 3. The molecule has 570 valence electrons. The van der Waals surface area contributed by atoms with Crippen molar-refractivity contribution in [3.05, 3.63) is 110 Å². The molecule has 4 fully saturated rings. The number of anilines is 1. The number of aliphatic carboxylic acids is 2. The molecule has 6 heterocycles. The Bertz CT molecular complexity index is 3620. The summed E-state index contributed by atoms with van der Waals surface area (Å²) in [6.45, 7) is 9.06. The molecule has 5 aliphatic heterocycles. The predicted molar refractivity (Wildman–Crippen MR) is 395 cm³/mol. The maximum atomic E-state index is 14.5. The SMILES string of the molecule is CCN1CCN(CC(=O)O)CCN(CC(=O)O)CCN(COC=O)C(Cc2ccc(NC(=S)N[C@H](CCCCNC(=O)CCCc3ccc(I)cc3)C(=O)N3CCC(CCOCCOCc4cn(Cc5cccc6c5CN(C(=O)C[C@@H]5C[C@@H](C(=O)N7CC(F)(F)C[C@H]7C#N)NC5=O)C6)nn4)CC3)cc2)C1. The number of carboxylic acids is 2.